The first-order chi connectivity index (χ1) is 14.0. The van der Waals surface area contributed by atoms with Crippen LogP contribution in [0.2, 0.25) is 0 Å². The molecule has 0 unspecified atom stereocenters. The maximum atomic E-state index is 12.6. The number of azo groups is 1. The maximum Gasteiger partial charge on any atom is 0.416 e. The monoisotopic (exact) mass is 418 g/mol. The van der Waals surface area contributed by atoms with Gasteiger partial charge in [-0.25, -0.2) is 9.97 Å². The SMILES string of the molecule is CCSc1cncnc1OCc1ccc(N=Nc2ccc(C(F)(F)F)cc2)cc1. The summed E-state index contributed by atoms with van der Waals surface area (Å²) in [6.07, 6.45) is -1.20. The smallest absolute Gasteiger partial charge is 0.416 e. The van der Waals surface area contributed by atoms with Gasteiger partial charge in [0.15, 0.2) is 0 Å². The summed E-state index contributed by atoms with van der Waals surface area (Å²) < 4.78 is 43.5. The van der Waals surface area contributed by atoms with Gasteiger partial charge in [-0.15, -0.1) is 11.8 Å². The van der Waals surface area contributed by atoms with Gasteiger partial charge in [0.25, 0.3) is 0 Å². The van der Waals surface area contributed by atoms with Gasteiger partial charge in [0.1, 0.15) is 12.9 Å². The molecule has 9 heteroatoms. The third kappa shape index (κ3) is 6.02. The van der Waals surface area contributed by atoms with Crippen molar-refractivity contribution < 1.29 is 17.9 Å². The van der Waals surface area contributed by atoms with E-state index in [0.717, 1.165) is 28.3 Å². The average Bonchev–Trinajstić information content (AvgIpc) is 2.72. The summed E-state index contributed by atoms with van der Waals surface area (Å²) in [6, 6.07) is 11.7. The predicted octanol–water partition coefficient (Wildman–Crippen LogP) is 6.60. The first-order valence-corrected chi connectivity index (χ1v) is 9.68. The number of hydrogen-bond donors (Lipinski definition) is 0. The topological polar surface area (TPSA) is 59.7 Å². The van der Waals surface area contributed by atoms with Crippen LogP contribution in [0.1, 0.15) is 18.1 Å². The molecule has 3 aromatic rings. The summed E-state index contributed by atoms with van der Waals surface area (Å²) in [7, 11) is 0. The number of thioether (sulfide) groups is 1. The summed E-state index contributed by atoms with van der Waals surface area (Å²) >= 11 is 1.61. The molecule has 0 atom stereocenters. The van der Waals surface area contributed by atoms with E-state index in [-0.39, 0.29) is 0 Å². The van der Waals surface area contributed by atoms with Crippen molar-refractivity contribution in [1.29, 1.82) is 0 Å². The zero-order valence-corrected chi connectivity index (χ0v) is 16.2. The first kappa shape index (κ1) is 20.8. The number of alkyl halides is 3. The number of rotatable bonds is 7. The third-order valence-electron chi connectivity index (χ3n) is 3.73. The van der Waals surface area contributed by atoms with Crippen LogP contribution in [0.3, 0.4) is 0 Å². The number of hydrogen-bond acceptors (Lipinski definition) is 6. The Morgan fingerprint density at radius 1 is 0.966 bits per heavy atom. The Morgan fingerprint density at radius 2 is 1.59 bits per heavy atom. The van der Waals surface area contributed by atoms with Crippen LogP contribution in [-0.2, 0) is 12.8 Å². The number of aromatic nitrogens is 2. The van der Waals surface area contributed by atoms with Gasteiger partial charge in [0.2, 0.25) is 5.88 Å². The molecule has 3 rings (SSSR count). The van der Waals surface area contributed by atoms with E-state index in [9.17, 15) is 13.2 Å². The van der Waals surface area contributed by atoms with Crippen molar-refractivity contribution in [1.82, 2.24) is 9.97 Å². The Labute approximate surface area is 170 Å². The van der Waals surface area contributed by atoms with Crippen molar-refractivity contribution in [2.75, 3.05) is 5.75 Å². The minimum absolute atomic E-state index is 0.338. The van der Waals surface area contributed by atoms with Crippen LogP contribution in [0.4, 0.5) is 24.5 Å². The maximum absolute atomic E-state index is 12.6. The van der Waals surface area contributed by atoms with Gasteiger partial charge in [-0.2, -0.15) is 23.4 Å². The summed E-state index contributed by atoms with van der Waals surface area (Å²) in [5, 5.41) is 8.01. The Bertz CT molecular complexity index is 961. The van der Waals surface area contributed by atoms with Crippen LogP contribution >= 0.6 is 11.8 Å². The van der Waals surface area contributed by atoms with Crippen LogP contribution < -0.4 is 4.74 Å². The molecule has 29 heavy (non-hydrogen) atoms. The molecule has 0 N–H and O–H groups in total. The number of halogens is 3. The highest BCUT2D eigenvalue weighted by Gasteiger charge is 2.29. The van der Waals surface area contributed by atoms with Crippen molar-refractivity contribution in [3.05, 3.63) is 72.2 Å². The Balaban J connectivity index is 1.60. The highest BCUT2D eigenvalue weighted by atomic mass is 32.2. The van der Waals surface area contributed by atoms with Crippen LogP contribution in [-0.4, -0.2) is 15.7 Å². The predicted molar refractivity (Wildman–Crippen MR) is 105 cm³/mol. The zero-order valence-electron chi connectivity index (χ0n) is 15.4. The first-order valence-electron chi connectivity index (χ1n) is 8.69. The fraction of sp³-hybridized carbons (Fsp3) is 0.200. The molecule has 5 nitrogen and oxygen atoms in total. The lowest BCUT2D eigenvalue weighted by Crippen LogP contribution is -2.03. The van der Waals surface area contributed by atoms with Crippen molar-refractivity contribution in [2.24, 2.45) is 10.2 Å². The average molecular weight is 418 g/mol. The zero-order chi connectivity index (χ0) is 20.7. The van der Waals surface area contributed by atoms with Crippen molar-refractivity contribution >= 4 is 23.1 Å². The number of benzene rings is 2. The molecule has 0 fully saturated rings. The molecule has 0 saturated carbocycles. The van der Waals surface area contributed by atoms with Crippen molar-refractivity contribution in [2.45, 2.75) is 24.6 Å². The van der Waals surface area contributed by atoms with Crippen LogP contribution in [0.5, 0.6) is 5.88 Å². The fourth-order valence-corrected chi connectivity index (χ4v) is 2.99. The van der Waals surface area contributed by atoms with Gasteiger partial charge < -0.3 is 4.74 Å². The lowest BCUT2D eigenvalue weighted by Gasteiger charge is -2.08. The molecular formula is C20H17F3N4OS. The molecule has 0 aliphatic heterocycles. The van der Waals surface area contributed by atoms with E-state index in [4.69, 9.17) is 4.74 Å². The largest absolute Gasteiger partial charge is 0.472 e. The number of ether oxygens (including phenoxy) is 1. The normalized spacial score (nSPS) is 11.7. The van der Waals surface area contributed by atoms with Crippen LogP contribution in [0, 0.1) is 0 Å². The minimum atomic E-state index is -4.37. The van der Waals surface area contributed by atoms with Crippen LogP contribution in [0.25, 0.3) is 0 Å². The quantitative estimate of drug-likeness (QED) is 0.320. The second-order valence-electron chi connectivity index (χ2n) is 5.82. The number of nitrogens with zero attached hydrogens (tertiary/aromatic N) is 4. The lowest BCUT2D eigenvalue weighted by atomic mass is 10.2. The van der Waals surface area contributed by atoms with E-state index in [1.165, 1.54) is 18.5 Å². The van der Waals surface area contributed by atoms with Gasteiger partial charge in [-0.1, -0.05) is 19.1 Å². The van der Waals surface area contributed by atoms with E-state index in [1.54, 1.807) is 30.1 Å². The van der Waals surface area contributed by atoms with Gasteiger partial charge in [-0.3, -0.25) is 0 Å². The van der Waals surface area contributed by atoms with E-state index in [0.29, 0.717) is 23.9 Å². The van der Waals surface area contributed by atoms with Gasteiger partial charge in [0.05, 0.1) is 21.8 Å². The molecule has 2 aromatic carbocycles. The molecule has 1 aromatic heterocycles. The molecule has 150 valence electrons. The highest BCUT2D eigenvalue weighted by Crippen LogP contribution is 2.31. The van der Waals surface area contributed by atoms with E-state index in [1.807, 2.05) is 19.1 Å². The second-order valence-corrected chi connectivity index (χ2v) is 7.13. The fourth-order valence-electron chi connectivity index (χ4n) is 2.31. The molecule has 0 aliphatic rings. The molecule has 0 saturated heterocycles. The summed E-state index contributed by atoms with van der Waals surface area (Å²) in [5.41, 5.74) is 1.13. The van der Waals surface area contributed by atoms with Gasteiger partial charge >= 0.3 is 6.18 Å². The van der Waals surface area contributed by atoms with E-state index < -0.39 is 11.7 Å². The third-order valence-corrected chi connectivity index (χ3v) is 4.61. The van der Waals surface area contributed by atoms with Crippen molar-refractivity contribution in [3.8, 4) is 5.88 Å². The molecule has 0 amide bonds. The molecule has 0 aliphatic carbocycles. The summed E-state index contributed by atoms with van der Waals surface area (Å²) in [4.78, 5) is 9.04. The Kier molecular flexibility index (Phi) is 6.82. The Morgan fingerprint density at radius 3 is 2.17 bits per heavy atom. The van der Waals surface area contributed by atoms with Crippen LogP contribution in [0.15, 0.2) is 76.2 Å². The Hall–Kier alpha value is -2.94. The lowest BCUT2D eigenvalue weighted by molar-refractivity contribution is -0.137. The van der Waals surface area contributed by atoms with E-state index >= 15 is 0 Å². The summed E-state index contributed by atoms with van der Waals surface area (Å²) in [6.45, 7) is 2.38. The molecular weight excluding hydrogens is 401 g/mol. The second kappa shape index (κ2) is 9.51. The molecule has 0 spiro atoms. The highest BCUT2D eigenvalue weighted by molar-refractivity contribution is 7.99. The van der Waals surface area contributed by atoms with Gasteiger partial charge in [-0.05, 0) is 47.7 Å². The molecule has 1 heterocycles. The minimum Gasteiger partial charge on any atom is -0.472 e. The van der Waals surface area contributed by atoms with Crippen molar-refractivity contribution in [3.63, 3.8) is 0 Å². The standard InChI is InChI=1S/C20H17F3N4OS/c1-2-29-18-11-24-13-25-19(18)28-12-14-3-7-16(8-4-14)26-27-17-9-5-15(6-10-17)20(21,22)23/h3-11,13H,2,12H2,1H3. The molecule has 0 radical (unpaired) electrons. The molecule has 0 bridgehead atoms. The summed E-state index contributed by atoms with van der Waals surface area (Å²) in [5.74, 6) is 1.43. The van der Waals surface area contributed by atoms with Gasteiger partial charge in [0, 0.05) is 6.20 Å². The van der Waals surface area contributed by atoms with E-state index in [2.05, 4.69) is 20.2 Å².